The van der Waals surface area contributed by atoms with Crippen LogP contribution in [0.2, 0.25) is 0 Å². The van der Waals surface area contributed by atoms with Crippen LogP contribution < -0.4 is 0 Å². The Hall–Kier alpha value is -1.19. The van der Waals surface area contributed by atoms with Gasteiger partial charge in [-0.3, -0.25) is 0 Å². The van der Waals surface area contributed by atoms with Crippen molar-refractivity contribution in [3.63, 3.8) is 0 Å². The highest BCUT2D eigenvalue weighted by molar-refractivity contribution is 7.15. The first kappa shape index (κ1) is 12.3. The van der Waals surface area contributed by atoms with Gasteiger partial charge in [0.15, 0.2) is 0 Å². The molecule has 1 N–H and O–H groups in total. The monoisotopic (exact) mass is 247 g/mol. The number of aromatic nitrogens is 1. The third kappa shape index (κ3) is 2.56. The van der Waals surface area contributed by atoms with Crippen molar-refractivity contribution in [2.75, 3.05) is 0 Å². The van der Waals surface area contributed by atoms with Gasteiger partial charge >= 0.3 is 0 Å². The van der Waals surface area contributed by atoms with Gasteiger partial charge in [-0.2, -0.15) is 0 Å². The molecule has 17 heavy (non-hydrogen) atoms. The molecule has 1 aromatic heterocycles. The average Bonchev–Trinajstić information content (AvgIpc) is 2.70. The largest absolute Gasteiger partial charge is 0.390 e. The molecule has 0 amide bonds. The zero-order chi connectivity index (χ0) is 12.4. The number of aryl methyl sites for hydroxylation is 1. The maximum atomic E-state index is 9.14. The summed E-state index contributed by atoms with van der Waals surface area (Å²) in [6.07, 6.45) is 0. The first-order chi connectivity index (χ1) is 8.11. The fraction of sp³-hybridized carbons (Fsp3) is 0.357. The molecule has 0 atom stereocenters. The first-order valence-electron chi connectivity index (χ1n) is 5.79. The molecule has 2 aromatic rings. The van der Waals surface area contributed by atoms with Crippen LogP contribution in [0.3, 0.4) is 0 Å². The van der Waals surface area contributed by atoms with Crippen molar-refractivity contribution >= 4 is 11.3 Å². The average molecular weight is 247 g/mol. The second kappa shape index (κ2) is 4.98. The minimum Gasteiger partial charge on any atom is -0.390 e. The molecule has 0 unspecified atom stereocenters. The molecule has 0 aliphatic heterocycles. The Morgan fingerprint density at radius 1 is 1.24 bits per heavy atom. The molecular formula is C14H17NOS. The first-order valence-corrected chi connectivity index (χ1v) is 6.61. The third-order valence-electron chi connectivity index (χ3n) is 2.87. The van der Waals surface area contributed by atoms with Crippen LogP contribution in [0.4, 0.5) is 0 Å². The van der Waals surface area contributed by atoms with Crippen LogP contribution in [0.1, 0.15) is 35.9 Å². The van der Waals surface area contributed by atoms with E-state index in [2.05, 4.69) is 43.1 Å². The summed E-state index contributed by atoms with van der Waals surface area (Å²) in [5, 5.41) is 10.1. The van der Waals surface area contributed by atoms with E-state index in [4.69, 9.17) is 5.11 Å². The minimum atomic E-state index is 0.0202. The topological polar surface area (TPSA) is 33.1 Å². The van der Waals surface area contributed by atoms with E-state index in [1.807, 2.05) is 6.92 Å². The smallest absolute Gasteiger partial charge is 0.123 e. The molecule has 0 radical (unpaired) electrons. The predicted octanol–water partition coefficient (Wildman–Crippen LogP) is 3.73. The molecule has 0 spiro atoms. The predicted molar refractivity (Wildman–Crippen MR) is 72.3 cm³/mol. The van der Waals surface area contributed by atoms with Crippen molar-refractivity contribution in [2.24, 2.45) is 0 Å². The molecular weight excluding hydrogens is 230 g/mol. The van der Waals surface area contributed by atoms with Gasteiger partial charge in [0.2, 0.25) is 0 Å². The molecule has 2 nitrogen and oxygen atoms in total. The van der Waals surface area contributed by atoms with Gasteiger partial charge in [0, 0.05) is 10.4 Å². The number of benzene rings is 1. The second-order valence-corrected chi connectivity index (χ2v) is 5.66. The van der Waals surface area contributed by atoms with Gasteiger partial charge < -0.3 is 5.11 Å². The van der Waals surface area contributed by atoms with Crippen LogP contribution in [0.5, 0.6) is 0 Å². The van der Waals surface area contributed by atoms with Gasteiger partial charge in [-0.1, -0.05) is 38.1 Å². The van der Waals surface area contributed by atoms with Crippen LogP contribution in [0.25, 0.3) is 10.6 Å². The SMILES string of the molecule is Cc1sc(-c2ccc(C(C)C)cc2)nc1CO. The highest BCUT2D eigenvalue weighted by atomic mass is 32.1. The molecule has 2 rings (SSSR count). The van der Waals surface area contributed by atoms with E-state index in [0.29, 0.717) is 5.92 Å². The Morgan fingerprint density at radius 3 is 2.35 bits per heavy atom. The van der Waals surface area contributed by atoms with E-state index in [1.54, 1.807) is 11.3 Å². The van der Waals surface area contributed by atoms with Crippen molar-refractivity contribution < 1.29 is 5.11 Å². The number of hydrogen-bond acceptors (Lipinski definition) is 3. The Bertz CT molecular complexity index is 499. The molecule has 0 fully saturated rings. The van der Waals surface area contributed by atoms with E-state index >= 15 is 0 Å². The fourth-order valence-electron chi connectivity index (χ4n) is 1.71. The van der Waals surface area contributed by atoms with Crippen LogP contribution in [-0.4, -0.2) is 10.1 Å². The molecule has 0 saturated heterocycles. The number of thiazole rings is 1. The summed E-state index contributed by atoms with van der Waals surface area (Å²) in [7, 11) is 0. The van der Waals surface area contributed by atoms with E-state index in [-0.39, 0.29) is 6.61 Å². The van der Waals surface area contributed by atoms with E-state index < -0.39 is 0 Å². The molecule has 90 valence electrons. The van der Waals surface area contributed by atoms with Gasteiger partial charge in [-0.25, -0.2) is 4.98 Å². The number of nitrogens with zero attached hydrogens (tertiary/aromatic N) is 1. The number of rotatable bonds is 3. The lowest BCUT2D eigenvalue weighted by molar-refractivity contribution is 0.277. The normalized spacial score (nSPS) is 11.1. The highest BCUT2D eigenvalue weighted by Gasteiger charge is 2.08. The zero-order valence-corrected chi connectivity index (χ0v) is 11.2. The molecule has 0 bridgehead atoms. The number of hydrogen-bond donors (Lipinski definition) is 1. The minimum absolute atomic E-state index is 0.0202. The van der Waals surface area contributed by atoms with Gasteiger partial charge in [0.25, 0.3) is 0 Å². The third-order valence-corrected chi connectivity index (χ3v) is 3.93. The maximum absolute atomic E-state index is 9.14. The summed E-state index contributed by atoms with van der Waals surface area (Å²) < 4.78 is 0. The van der Waals surface area contributed by atoms with Crippen molar-refractivity contribution in [3.8, 4) is 10.6 Å². The summed E-state index contributed by atoms with van der Waals surface area (Å²) in [4.78, 5) is 5.53. The van der Waals surface area contributed by atoms with Crippen molar-refractivity contribution in [3.05, 3.63) is 40.4 Å². The summed E-state index contributed by atoms with van der Waals surface area (Å²) in [6.45, 7) is 6.39. The lowest BCUT2D eigenvalue weighted by Gasteiger charge is -2.05. The molecule has 1 aromatic carbocycles. The molecule has 1 heterocycles. The van der Waals surface area contributed by atoms with Gasteiger partial charge in [0.05, 0.1) is 12.3 Å². The second-order valence-electron chi connectivity index (χ2n) is 4.46. The van der Waals surface area contributed by atoms with Crippen molar-refractivity contribution in [1.29, 1.82) is 0 Å². The van der Waals surface area contributed by atoms with Crippen LogP contribution in [0.15, 0.2) is 24.3 Å². The Morgan fingerprint density at radius 2 is 1.88 bits per heavy atom. The van der Waals surface area contributed by atoms with Gasteiger partial charge in [0.1, 0.15) is 5.01 Å². The lowest BCUT2D eigenvalue weighted by Crippen LogP contribution is -1.87. The van der Waals surface area contributed by atoms with Crippen molar-refractivity contribution in [2.45, 2.75) is 33.3 Å². The zero-order valence-electron chi connectivity index (χ0n) is 10.4. The van der Waals surface area contributed by atoms with Crippen LogP contribution >= 0.6 is 11.3 Å². The Kier molecular flexibility index (Phi) is 3.60. The van der Waals surface area contributed by atoms with Gasteiger partial charge in [-0.15, -0.1) is 11.3 Å². The molecule has 0 saturated carbocycles. The van der Waals surface area contributed by atoms with Gasteiger partial charge in [-0.05, 0) is 18.4 Å². The van der Waals surface area contributed by atoms with Crippen LogP contribution in [-0.2, 0) is 6.61 Å². The maximum Gasteiger partial charge on any atom is 0.123 e. The fourth-order valence-corrected chi connectivity index (χ4v) is 2.64. The number of aliphatic hydroxyl groups is 1. The highest BCUT2D eigenvalue weighted by Crippen LogP contribution is 2.28. The Labute approximate surface area is 106 Å². The number of aliphatic hydroxyl groups excluding tert-OH is 1. The van der Waals surface area contributed by atoms with E-state index in [0.717, 1.165) is 21.1 Å². The summed E-state index contributed by atoms with van der Waals surface area (Å²) in [5.74, 6) is 0.551. The summed E-state index contributed by atoms with van der Waals surface area (Å²) in [5.41, 5.74) is 3.25. The molecule has 0 aliphatic carbocycles. The summed E-state index contributed by atoms with van der Waals surface area (Å²) in [6, 6.07) is 8.51. The van der Waals surface area contributed by atoms with Crippen LogP contribution in [0, 0.1) is 6.92 Å². The standard InChI is InChI=1S/C14H17NOS/c1-9(2)11-4-6-12(7-5-11)14-15-13(8-16)10(3)17-14/h4-7,9,16H,8H2,1-3H3. The molecule has 0 aliphatic rings. The molecule has 3 heteroatoms. The van der Waals surface area contributed by atoms with E-state index in [9.17, 15) is 0 Å². The Balaban J connectivity index is 2.33. The van der Waals surface area contributed by atoms with E-state index in [1.165, 1.54) is 5.56 Å². The summed E-state index contributed by atoms with van der Waals surface area (Å²) >= 11 is 1.64. The lowest BCUT2D eigenvalue weighted by atomic mass is 10.0. The van der Waals surface area contributed by atoms with Crippen molar-refractivity contribution in [1.82, 2.24) is 4.98 Å². The quantitative estimate of drug-likeness (QED) is 0.896.